The van der Waals surface area contributed by atoms with Gasteiger partial charge < -0.3 is 11.1 Å². The second-order valence-corrected chi connectivity index (χ2v) is 5.33. The molecule has 0 saturated heterocycles. The molecular weight excluding hydrogens is 392 g/mol. The Morgan fingerprint density at radius 1 is 0.857 bits per heavy atom. The molecule has 3 heterocycles. The first-order valence-electron chi connectivity index (χ1n) is 7.38. The van der Waals surface area contributed by atoms with Crippen LogP contribution in [-0.2, 0) is 12.4 Å². The molecule has 3 aromatic heterocycles. The molecule has 0 unspecified atom stereocenters. The van der Waals surface area contributed by atoms with Crippen molar-refractivity contribution in [3.05, 3.63) is 47.9 Å². The molecule has 0 aliphatic carbocycles. The molecule has 0 spiro atoms. The van der Waals surface area contributed by atoms with Crippen LogP contribution < -0.4 is 11.1 Å². The number of hydrogen-bond donors (Lipinski definition) is 2. The molecular formula is C15H9F6N7. The number of alkyl halides is 6. The molecule has 146 valence electrons. The van der Waals surface area contributed by atoms with E-state index in [0.717, 1.165) is 24.4 Å². The Balaban J connectivity index is 1.95. The van der Waals surface area contributed by atoms with Gasteiger partial charge in [0.25, 0.3) is 0 Å². The third kappa shape index (κ3) is 4.42. The first-order chi connectivity index (χ1) is 13.0. The summed E-state index contributed by atoms with van der Waals surface area (Å²) in [6.45, 7) is 0. The first kappa shape index (κ1) is 19.3. The molecule has 3 N–H and O–H groups in total. The van der Waals surface area contributed by atoms with Crippen molar-refractivity contribution < 1.29 is 26.3 Å². The lowest BCUT2D eigenvalue weighted by Gasteiger charge is -2.10. The number of rotatable bonds is 3. The van der Waals surface area contributed by atoms with Gasteiger partial charge in [-0.15, -0.1) is 0 Å². The Hall–Kier alpha value is -3.51. The van der Waals surface area contributed by atoms with Crippen molar-refractivity contribution in [3.63, 3.8) is 0 Å². The minimum atomic E-state index is -4.68. The zero-order chi connectivity index (χ0) is 20.5. The average molecular weight is 401 g/mol. The van der Waals surface area contributed by atoms with Gasteiger partial charge in [-0.3, -0.25) is 4.98 Å². The quantitative estimate of drug-likeness (QED) is 0.646. The molecule has 0 fully saturated rings. The van der Waals surface area contributed by atoms with E-state index >= 15 is 0 Å². The van der Waals surface area contributed by atoms with Crippen molar-refractivity contribution in [2.75, 3.05) is 11.1 Å². The van der Waals surface area contributed by atoms with Crippen LogP contribution >= 0.6 is 0 Å². The van der Waals surface area contributed by atoms with Crippen molar-refractivity contribution in [1.82, 2.24) is 24.9 Å². The van der Waals surface area contributed by atoms with Gasteiger partial charge in [-0.1, -0.05) is 6.07 Å². The van der Waals surface area contributed by atoms with Crippen molar-refractivity contribution in [2.24, 2.45) is 0 Å². The second kappa shape index (κ2) is 6.90. The topological polar surface area (TPSA) is 102 Å². The molecule has 0 radical (unpaired) electrons. The number of nitrogen functional groups attached to an aromatic ring is 1. The van der Waals surface area contributed by atoms with Crippen molar-refractivity contribution in [1.29, 1.82) is 0 Å². The zero-order valence-electron chi connectivity index (χ0n) is 13.5. The van der Waals surface area contributed by atoms with Crippen LogP contribution in [0.2, 0.25) is 0 Å². The van der Waals surface area contributed by atoms with Gasteiger partial charge in [0.1, 0.15) is 11.4 Å². The fourth-order valence-electron chi connectivity index (χ4n) is 2.07. The number of nitrogens with zero attached hydrogens (tertiary/aromatic N) is 5. The van der Waals surface area contributed by atoms with Crippen molar-refractivity contribution in [3.8, 4) is 11.5 Å². The first-order valence-corrected chi connectivity index (χ1v) is 7.38. The van der Waals surface area contributed by atoms with Gasteiger partial charge in [-0.25, -0.2) is 4.98 Å². The number of anilines is 3. The number of pyridine rings is 2. The van der Waals surface area contributed by atoms with E-state index in [4.69, 9.17) is 5.73 Å². The molecule has 0 aromatic carbocycles. The molecule has 0 bridgehead atoms. The lowest BCUT2D eigenvalue weighted by molar-refractivity contribution is -0.141. The molecule has 0 amide bonds. The predicted octanol–water partition coefficient (Wildman–Crippen LogP) is 3.69. The molecule has 3 aromatic rings. The summed E-state index contributed by atoms with van der Waals surface area (Å²) in [6.07, 6.45) is -7.59. The Kier molecular flexibility index (Phi) is 4.75. The number of nitrogens with one attached hydrogen (secondary N) is 1. The lowest BCUT2D eigenvalue weighted by atomic mass is 10.2. The van der Waals surface area contributed by atoms with Gasteiger partial charge in [-0.2, -0.15) is 41.3 Å². The van der Waals surface area contributed by atoms with E-state index in [1.54, 1.807) is 0 Å². The van der Waals surface area contributed by atoms with Gasteiger partial charge in [-0.05, 0) is 18.2 Å². The third-order valence-electron chi connectivity index (χ3n) is 3.24. The highest BCUT2D eigenvalue weighted by atomic mass is 19.4. The summed E-state index contributed by atoms with van der Waals surface area (Å²) >= 11 is 0. The van der Waals surface area contributed by atoms with Crippen LogP contribution in [0.3, 0.4) is 0 Å². The van der Waals surface area contributed by atoms with Gasteiger partial charge >= 0.3 is 12.4 Å². The molecule has 7 nitrogen and oxygen atoms in total. The Morgan fingerprint density at radius 2 is 1.61 bits per heavy atom. The van der Waals surface area contributed by atoms with Crippen molar-refractivity contribution in [2.45, 2.75) is 12.4 Å². The van der Waals surface area contributed by atoms with E-state index in [1.165, 1.54) is 6.07 Å². The Morgan fingerprint density at radius 3 is 2.29 bits per heavy atom. The number of hydrogen-bond acceptors (Lipinski definition) is 7. The predicted molar refractivity (Wildman–Crippen MR) is 85.0 cm³/mol. The van der Waals surface area contributed by atoms with E-state index in [2.05, 4.69) is 30.2 Å². The van der Waals surface area contributed by atoms with Crippen LogP contribution in [0.25, 0.3) is 11.5 Å². The highest BCUT2D eigenvalue weighted by Crippen LogP contribution is 2.31. The monoisotopic (exact) mass is 401 g/mol. The maximum Gasteiger partial charge on any atom is 0.433 e. The Bertz CT molecular complexity index is 1000. The van der Waals surface area contributed by atoms with Crippen molar-refractivity contribution >= 4 is 17.6 Å². The summed E-state index contributed by atoms with van der Waals surface area (Å²) in [7, 11) is 0. The minimum Gasteiger partial charge on any atom is -0.368 e. The largest absolute Gasteiger partial charge is 0.433 e. The van der Waals surface area contributed by atoms with Crippen LogP contribution in [0.1, 0.15) is 11.3 Å². The van der Waals surface area contributed by atoms with Crippen LogP contribution in [-0.4, -0.2) is 24.9 Å². The van der Waals surface area contributed by atoms with Crippen LogP contribution in [0.4, 0.5) is 43.9 Å². The molecule has 0 aliphatic rings. The maximum absolute atomic E-state index is 12.8. The van der Waals surface area contributed by atoms with Crippen LogP contribution in [0, 0.1) is 0 Å². The van der Waals surface area contributed by atoms with Gasteiger partial charge in [0.2, 0.25) is 11.9 Å². The summed E-state index contributed by atoms with van der Waals surface area (Å²) in [5.41, 5.74) is 3.00. The SMILES string of the molecule is Nc1nc(Nc2cncc(C(F)(F)F)c2)nc(-c2cccc(C(F)(F)F)n2)n1. The van der Waals surface area contributed by atoms with E-state index < -0.39 is 23.6 Å². The molecule has 3 rings (SSSR count). The smallest absolute Gasteiger partial charge is 0.368 e. The zero-order valence-corrected chi connectivity index (χ0v) is 13.5. The van der Waals surface area contributed by atoms with E-state index in [9.17, 15) is 26.3 Å². The van der Waals surface area contributed by atoms with Crippen LogP contribution in [0.15, 0.2) is 36.7 Å². The summed E-state index contributed by atoms with van der Waals surface area (Å²) in [5, 5.41) is 2.46. The molecule has 0 saturated carbocycles. The summed E-state index contributed by atoms with van der Waals surface area (Å²) < 4.78 is 76.7. The standard InChI is InChI=1S/C15H9F6N7/c16-14(17,18)7-4-8(6-23-5-7)24-13-27-11(26-12(22)28-13)9-2-1-3-10(25-9)15(19,20)21/h1-6H,(H3,22,24,26,27,28). The fourth-order valence-corrected chi connectivity index (χ4v) is 2.07. The summed E-state index contributed by atoms with van der Waals surface area (Å²) in [4.78, 5) is 18.2. The molecule has 0 aliphatic heterocycles. The summed E-state index contributed by atoms with van der Waals surface area (Å²) in [5.74, 6) is -0.949. The summed E-state index contributed by atoms with van der Waals surface area (Å²) in [6, 6.07) is 3.85. The van der Waals surface area contributed by atoms with E-state index in [-0.39, 0.29) is 29.1 Å². The molecule has 13 heteroatoms. The maximum atomic E-state index is 12.8. The number of halogens is 6. The number of nitrogens with two attached hydrogens (primary N) is 1. The van der Waals surface area contributed by atoms with Crippen LogP contribution in [0.5, 0.6) is 0 Å². The van der Waals surface area contributed by atoms with Gasteiger partial charge in [0.15, 0.2) is 5.82 Å². The second-order valence-electron chi connectivity index (χ2n) is 5.33. The van der Waals surface area contributed by atoms with E-state index in [0.29, 0.717) is 6.20 Å². The molecule has 28 heavy (non-hydrogen) atoms. The minimum absolute atomic E-state index is 0.108. The number of aromatic nitrogens is 5. The molecule has 0 atom stereocenters. The fraction of sp³-hybridized carbons (Fsp3) is 0.133. The van der Waals surface area contributed by atoms with Gasteiger partial charge in [0, 0.05) is 6.20 Å². The van der Waals surface area contributed by atoms with Gasteiger partial charge in [0.05, 0.1) is 17.4 Å². The Labute approximate surface area is 152 Å². The third-order valence-corrected chi connectivity index (χ3v) is 3.24. The highest BCUT2D eigenvalue weighted by Gasteiger charge is 2.33. The average Bonchev–Trinajstić information content (AvgIpc) is 2.60. The highest BCUT2D eigenvalue weighted by molar-refractivity contribution is 5.58. The lowest BCUT2D eigenvalue weighted by Crippen LogP contribution is -2.10. The van der Waals surface area contributed by atoms with E-state index in [1.807, 2.05) is 0 Å². The normalized spacial score (nSPS) is 12.1.